The molecule has 7 heteroatoms. The number of aromatic nitrogens is 3. The van der Waals surface area contributed by atoms with E-state index in [1.165, 1.54) is 16.8 Å². The highest BCUT2D eigenvalue weighted by atomic mass is 32.1. The molecule has 3 aromatic rings. The summed E-state index contributed by atoms with van der Waals surface area (Å²) in [5.74, 6) is 0. The Morgan fingerprint density at radius 2 is 1.74 bits per heavy atom. The third kappa shape index (κ3) is 4.21. The highest BCUT2D eigenvalue weighted by molar-refractivity contribution is 7.17. The van der Waals surface area contributed by atoms with Gasteiger partial charge < -0.3 is 15.1 Å². The van der Waals surface area contributed by atoms with Gasteiger partial charge in [-0.3, -0.25) is 4.57 Å². The van der Waals surface area contributed by atoms with Crippen molar-refractivity contribution in [1.29, 1.82) is 0 Å². The third-order valence-corrected chi connectivity index (χ3v) is 6.08. The van der Waals surface area contributed by atoms with Crippen molar-refractivity contribution in [3.63, 3.8) is 0 Å². The van der Waals surface area contributed by atoms with Crippen LogP contribution in [0.15, 0.2) is 42.6 Å². The van der Waals surface area contributed by atoms with E-state index in [0.717, 1.165) is 49.5 Å². The highest BCUT2D eigenvalue weighted by Crippen LogP contribution is 2.25. The number of hydrogen-bond donors (Lipinski definition) is 1. The molecule has 0 saturated carbocycles. The summed E-state index contributed by atoms with van der Waals surface area (Å²) in [6.45, 7) is 7.99. The molecule has 1 N–H and O–H groups in total. The van der Waals surface area contributed by atoms with Crippen LogP contribution in [0.25, 0.3) is 5.13 Å². The lowest BCUT2D eigenvalue weighted by molar-refractivity contribution is 0.312. The molecule has 0 amide bonds. The standard InChI is InChI=1S/C20H26N6S/c1-16-6-3-4-7-17(16)14-21-15-18-8-5-9-26(18)20-23-22-19(27-20)25-12-10-24(2)11-13-25/h3-9,21H,10-15H2,1-2H3. The summed E-state index contributed by atoms with van der Waals surface area (Å²) in [7, 11) is 2.17. The number of aryl methyl sites for hydroxylation is 1. The van der Waals surface area contributed by atoms with Gasteiger partial charge >= 0.3 is 0 Å². The van der Waals surface area contributed by atoms with E-state index in [9.17, 15) is 0 Å². The monoisotopic (exact) mass is 382 g/mol. The summed E-state index contributed by atoms with van der Waals surface area (Å²) in [4.78, 5) is 4.68. The van der Waals surface area contributed by atoms with Gasteiger partial charge in [0, 0.05) is 51.2 Å². The van der Waals surface area contributed by atoms with Gasteiger partial charge in [-0.15, -0.1) is 10.2 Å². The van der Waals surface area contributed by atoms with E-state index in [2.05, 4.69) is 86.4 Å². The molecule has 0 atom stereocenters. The number of anilines is 1. The van der Waals surface area contributed by atoms with Gasteiger partial charge in [-0.05, 0) is 37.2 Å². The number of nitrogens with one attached hydrogen (secondary N) is 1. The Morgan fingerprint density at radius 3 is 2.56 bits per heavy atom. The van der Waals surface area contributed by atoms with Crippen LogP contribution >= 0.6 is 11.3 Å². The van der Waals surface area contributed by atoms with Crippen molar-refractivity contribution in [2.75, 3.05) is 38.1 Å². The molecule has 1 saturated heterocycles. The second-order valence-electron chi connectivity index (χ2n) is 7.06. The summed E-state index contributed by atoms with van der Waals surface area (Å²) < 4.78 is 2.14. The van der Waals surface area contributed by atoms with Crippen molar-refractivity contribution < 1.29 is 0 Å². The number of nitrogens with zero attached hydrogens (tertiary/aromatic N) is 5. The molecule has 0 bridgehead atoms. The van der Waals surface area contributed by atoms with Crippen LogP contribution in [-0.4, -0.2) is 52.9 Å². The van der Waals surface area contributed by atoms with Crippen molar-refractivity contribution in [3.05, 3.63) is 59.4 Å². The first kappa shape index (κ1) is 18.2. The lowest BCUT2D eigenvalue weighted by atomic mass is 10.1. The summed E-state index contributed by atoms with van der Waals surface area (Å²) in [6.07, 6.45) is 2.07. The quantitative estimate of drug-likeness (QED) is 0.710. The van der Waals surface area contributed by atoms with Gasteiger partial charge in [0.05, 0.1) is 0 Å². The molecule has 2 aromatic heterocycles. The third-order valence-electron chi connectivity index (χ3n) is 5.10. The smallest absolute Gasteiger partial charge is 0.218 e. The highest BCUT2D eigenvalue weighted by Gasteiger charge is 2.19. The van der Waals surface area contributed by atoms with Gasteiger partial charge in [0.1, 0.15) is 0 Å². The molecule has 3 heterocycles. The first-order valence-electron chi connectivity index (χ1n) is 9.39. The molecule has 0 spiro atoms. The minimum absolute atomic E-state index is 0.796. The molecule has 1 aliphatic rings. The SMILES string of the molecule is Cc1ccccc1CNCc1cccn1-c1nnc(N2CCN(C)CC2)s1. The van der Waals surface area contributed by atoms with E-state index in [0.29, 0.717) is 0 Å². The van der Waals surface area contributed by atoms with Crippen molar-refractivity contribution in [2.24, 2.45) is 0 Å². The van der Waals surface area contributed by atoms with Crippen LogP contribution in [-0.2, 0) is 13.1 Å². The van der Waals surface area contributed by atoms with Crippen LogP contribution in [0.1, 0.15) is 16.8 Å². The predicted molar refractivity (Wildman–Crippen MR) is 111 cm³/mol. The molecule has 1 fully saturated rings. The zero-order valence-electron chi connectivity index (χ0n) is 15.9. The largest absolute Gasteiger partial charge is 0.344 e. The molecule has 27 heavy (non-hydrogen) atoms. The first-order chi connectivity index (χ1) is 13.2. The van der Waals surface area contributed by atoms with Crippen LogP contribution in [0.3, 0.4) is 0 Å². The molecule has 1 aromatic carbocycles. The molecule has 142 valence electrons. The van der Waals surface area contributed by atoms with Crippen LogP contribution in [0.4, 0.5) is 5.13 Å². The van der Waals surface area contributed by atoms with Gasteiger partial charge in [-0.2, -0.15) is 0 Å². The average Bonchev–Trinajstić information content (AvgIpc) is 3.33. The van der Waals surface area contributed by atoms with Crippen molar-refractivity contribution >= 4 is 16.5 Å². The summed E-state index contributed by atoms with van der Waals surface area (Å²) in [5.41, 5.74) is 3.86. The van der Waals surface area contributed by atoms with E-state index in [-0.39, 0.29) is 0 Å². The van der Waals surface area contributed by atoms with E-state index < -0.39 is 0 Å². The van der Waals surface area contributed by atoms with Crippen LogP contribution in [0, 0.1) is 6.92 Å². The average molecular weight is 383 g/mol. The van der Waals surface area contributed by atoms with Crippen molar-refractivity contribution in [1.82, 2.24) is 25.0 Å². The van der Waals surface area contributed by atoms with Gasteiger partial charge in [0.2, 0.25) is 10.3 Å². The van der Waals surface area contributed by atoms with Crippen LogP contribution in [0.2, 0.25) is 0 Å². The van der Waals surface area contributed by atoms with Crippen LogP contribution < -0.4 is 10.2 Å². The fourth-order valence-corrected chi connectivity index (χ4v) is 4.23. The summed E-state index contributed by atoms with van der Waals surface area (Å²) in [5, 5.41) is 14.4. The molecule has 0 radical (unpaired) electrons. The van der Waals surface area contributed by atoms with Crippen molar-refractivity contribution in [3.8, 4) is 5.13 Å². The zero-order chi connectivity index (χ0) is 18.6. The maximum Gasteiger partial charge on any atom is 0.218 e. The Kier molecular flexibility index (Phi) is 5.52. The van der Waals surface area contributed by atoms with Gasteiger partial charge in [0.25, 0.3) is 0 Å². The Hall–Kier alpha value is -2.22. The minimum atomic E-state index is 0.796. The van der Waals surface area contributed by atoms with Crippen molar-refractivity contribution in [2.45, 2.75) is 20.0 Å². The van der Waals surface area contributed by atoms with E-state index >= 15 is 0 Å². The molecule has 1 aliphatic heterocycles. The zero-order valence-corrected chi connectivity index (χ0v) is 16.7. The maximum absolute atomic E-state index is 4.44. The molecule has 0 unspecified atom stereocenters. The van der Waals surface area contributed by atoms with E-state index in [1.807, 2.05) is 0 Å². The lowest BCUT2D eigenvalue weighted by Gasteiger charge is -2.31. The normalized spacial score (nSPS) is 15.4. The Morgan fingerprint density at radius 1 is 0.963 bits per heavy atom. The number of likely N-dealkylation sites (N-methyl/N-ethyl adjacent to an activating group) is 1. The molecular formula is C20H26N6S. The molecular weight excluding hydrogens is 356 g/mol. The summed E-state index contributed by atoms with van der Waals surface area (Å²) >= 11 is 1.67. The first-order valence-corrected chi connectivity index (χ1v) is 10.2. The number of hydrogen-bond acceptors (Lipinski definition) is 6. The summed E-state index contributed by atoms with van der Waals surface area (Å²) in [6, 6.07) is 12.7. The Labute approximate surface area is 164 Å². The van der Waals surface area contributed by atoms with Gasteiger partial charge in [0.15, 0.2) is 0 Å². The second kappa shape index (κ2) is 8.21. The van der Waals surface area contributed by atoms with Gasteiger partial charge in [-0.1, -0.05) is 35.6 Å². The van der Waals surface area contributed by atoms with Crippen LogP contribution in [0.5, 0.6) is 0 Å². The second-order valence-corrected chi connectivity index (χ2v) is 7.99. The lowest BCUT2D eigenvalue weighted by Crippen LogP contribution is -2.44. The van der Waals surface area contributed by atoms with E-state index in [1.54, 1.807) is 11.3 Å². The van der Waals surface area contributed by atoms with E-state index in [4.69, 9.17) is 0 Å². The van der Waals surface area contributed by atoms with Gasteiger partial charge in [-0.25, -0.2) is 0 Å². The fraction of sp³-hybridized carbons (Fsp3) is 0.400. The minimum Gasteiger partial charge on any atom is -0.344 e. The molecule has 6 nitrogen and oxygen atoms in total. The predicted octanol–water partition coefficient (Wildman–Crippen LogP) is 2.68. The fourth-order valence-electron chi connectivity index (χ4n) is 3.31. The molecule has 0 aliphatic carbocycles. The Bertz CT molecular complexity index is 878. The number of rotatable bonds is 6. The number of piperazine rings is 1. The Balaban J connectivity index is 1.41. The number of benzene rings is 1. The maximum atomic E-state index is 4.44. The topological polar surface area (TPSA) is 49.2 Å². The molecule has 4 rings (SSSR count).